The number of hydrogen-bond acceptors (Lipinski definition) is 1. The maximum Gasteiger partial charge on any atom is 0.0254 e. The highest BCUT2D eigenvalue weighted by molar-refractivity contribution is 9.10. The lowest BCUT2D eigenvalue weighted by Gasteiger charge is -2.44. The number of aryl methyl sites for hydroxylation is 2. The first-order valence-electron chi connectivity index (χ1n) is 7.12. The van der Waals surface area contributed by atoms with E-state index in [1.807, 2.05) is 0 Å². The Bertz CT molecular complexity index is 609. The Balaban J connectivity index is 1.96. The Morgan fingerprint density at radius 1 is 1.05 bits per heavy atom. The van der Waals surface area contributed by atoms with Crippen LogP contribution < -0.4 is 5.32 Å². The molecular formula is C18H20BrN. The van der Waals surface area contributed by atoms with E-state index in [9.17, 15) is 0 Å². The van der Waals surface area contributed by atoms with Gasteiger partial charge < -0.3 is 5.32 Å². The Kier molecular flexibility index (Phi) is 3.70. The Morgan fingerprint density at radius 2 is 1.70 bits per heavy atom. The molecule has 2 aromatic carbocycles. The predicted molar refractivity (Wildman–Crippen MR) is 88.3 cm³/mol. The fraction of sp³-hybridized carbons (Fsp3) is 0.333. The molecule has 0 spiro atoms. The van der Waals surface area contributed by atoms with Gasteiger partial charge in [-0.1, -0.05) is 63.5 Å². The van der Waals surface area contributed by atoms with Crippen LogP contribution in [0.5, 0.6) is 0 Å². The molecule has 20 heavy (non-hydrogen) atoms. The molecule has 0 aliphatic carbocycles. The molecule has 1 aliphatic heterocycles. The first-order valence-corrected chi connectivity index (χ1v) is 7.91. The predicted octanol–water partition coefficient (Wildman–Crippen LogP) is 4.15. The summed E-state index contributed by atoms with van der Waals surface area (Å²) in [4.78, 5) is 0. The molecule has 0 saturated carbocycles. The van der Waals surface area contributed by atoms with E-state index in [1.165, 1.54) is 26.7 Å². The molecule has 0 amide bonds. The number of hydrogen-bond donors (Lipinski definition) is 1. The van der Waals surface area contributed by atoms with Gasteiger partial charge in [0.2, 0.25) is 0 Å². The SMILES string of the molecule is Cc1cc(C)cc(CC2(c3ccccc3Br)CNC2)c1. The first-order chi connectivity index (χ1) is 9.59. The van der Waals surface area contributed by atoms with Crippen LogP contribution in [0.2, 0.25) is 0 Å². The van der Waals surface area contributed by atoms with E-state index in [2.05, 4.69) is 77.6 Å². The Labute approximate surface area is 129 Å². The third-order valence-corrected chi connectivity index (χ3v) is 4.89. The first kappa shape index (κ1) is 13.8. The Hall–Kier alpha value is -1.12. The topological polar surface area (TPSA) is 12.0 Å². The van der Waals surface area contributed by atoms with Gasteiger partial charge in [-0.05, 0) is 37.5 Å². The highest BCUT2D eigenvalue weighted by atomic mass is 79.9. The summed E-state index contributed by atoms with van der Waals surface area (Å²) in [6, 6.07) is 15.5. The van der Waals surface area contributed by atoms with Gasteiger partial charge >= 0.3 is 0 Å². The summed E-state index contributed by atoms with van der Waals surface area (Å²) in [5, 5.41) is 3.46. The van der Waals surface area contributed by atoms with Crippen molar-refractivity contribution < 1.29 is 0 Å². The van der Waals surface area contributed by atoms with Gasteiger partial charge in [-0.2, -0.15) is 0 Å². The summed E-state index contributed by atoms with van der Waals surface area (Å²) in [5.41, 5.74) is 5.82. The van der Waals surface area contributed by atoms with Crippen LogP contribution in [0.25, 0.3) is 0 Å². The quantitative estimate of drug-likeness (QED) is 0.891. The monoisotopic (exact) mass is 329 g/mol. The highest BCUT2D eigenvalue weighted by Crippen LogP contribution is 2.37. The van der Waals surface area contributed by atoms with Gasteiger partial charge in [0.05, 0.1) is 0 Å². The van der Waals surface area contributed by atoms with Crippen molar-refractivity contribution >= 4 is 15.9 Å². The fourth-order valence-electron chi connectivity index (χ4n) is 3.29. The van der Waals surface area contributed by atoms with Crippen molar-refractivity contribution in [2.75, 3.05) is 13.1 Å². The molecule has 1 fully saturated rings. The maximum absolute atomic E-state index is 3.72. The van der Waals surface area contributed by atoms with E-state index in [0.717, 1.165) is 19.5 Å². The van der Waals surface area contributed by atoms with Crippen LogP contribution in [-0.4, -0.2) is 13.1 Å². The second-order valence-corrected chi connectivity index (χ2v) is 6.89. The summed E-state index contributed by atoms with van der Waals surface area (Å²) in [7, 11) is 0. The second-order valence-electron chi connectivity index (χ2n) is 6.04. The summed E-state index contributed by atoms with van der Waals surface area (Å²) >= 11 is 3.72. The van der Waals surface area contributed by atoms with Gasteiger partial charge in [-0.3, -0.25) is 0 Å². The van der Waals surface area contributed by atoms with Gasteiger partial charge in [0.1, 0.15) is 0 Å². The molecule has 2 heteroatoms. The Morgan fingerprint density at radius 3 is 2.25 bits per heavy atom. The largest absolute Gasteiger partial charge is 0.315 e. The van der Waals surface area contributed by atoms with Crippen molar-refractivity contribution in [2.45, 2.75) is 25.7 Å². The van der Waals surface area contributed by atoms with Crippen LogP contribution in [-0.2, 0) is 11.8 Å². The molecule has 1 nitrogen and oxygen atoms in total. The molecule has 0 radical (unpaired) electrons. The minimum Gasteiger partial charge on any atom is -0.315 e. The molecular weight excluding hydrogens is 310 g/mol. The summed E-state index contributed by atoms with van der Waals surface area (Å²) in [6.07, 6.45) is 1.10. The molecule has 0 bridgehead atoms. The van der Waals surface area contributed by atoms with Crippen LogP contribution in [0.1, 0.15) is 22.3 Å². The van der Waals surface area contributed by atoms with Crippen LogP contribution in [0.4, 0.5) is 0 Å². The molecule has 1 heterocycles. The minimum absolute atomic E-state index is 0.236. The minimum atomic E-state index is 0.236. The lowest BCUT2D eigenvalue weighted by Crippen LogP contribution is -2.58. The van der Waals surface area contributed by atoms with Gasteiger partial charge in [-0.15, -0.1) is 0 Å². The van der Waals surface area contributed by atoms with E-state index >= 15 is 0 Å². The van der Waals surface area contributed by atoms with Gasteiger partial charge in [0.25, 0.3) is 0 Å². The van der Waals surface area contributed by atoms with Gasteiger partial charge in [0, 0.05) is 23.0 Å². The summed E-state index contributed by atoms with van der Waals surface area (Å²) in [5.74, 6) is 0. The zero-order valence-electron chi connectivity index (χ0n) is 12.0. The lowest BCUT2D eigenvalue weighted by atomic mass is 9.71. The summed E-state index contributed by atoms with van der Waals surface area (Å²) in [6.45, 7) is 6.48. The number of nitrogens with one attached hydrogen (secondary N) is 1. The lowest BCUT2D eigenvalue weighted by molar-refractivity contribution is 0.273. The van der Waals surface area contributed by atoms with E-state index in [-0.39, 0.29) is 5.41 Å². The standard InChI is InChI=1S/C18H20BrN/c1-13-7-14(2)9-15(8-13)10-18(11-20-12-18)16-5-3-4-6-17(16)19/h3-9,20H,10-12H2,1-2H3. The van der Waals surface area contributed by atoms with Crippen LogP contribution in [0, 0.1) is 13.8 Å². The van der Waals surface area contributed by atoms with Crippen molar-refractivity contribution in [1.29, 1.82) is 0 Å². The molecule has 104 valence electrons. The highest BCUT2D eigenvalue weighted by Gasteiger charge is 2.39. The molecule has 0 unspecified atom stereocenters. The summed E-state index contributed by atoms with van der Waals surface area (Å²) < 4.78 is 1.23. The van der Waals surface area contributed by atoms with E-state index < -0.39 is 0 Å². The molecule has 2 aromatic rings. The van der Waals surface area contributed by atoms with Gasteiger partial charge in [-0.25, -0.2) is 0 Å². The molecule has 1 N–H and O–H groups in total. The van der Waals surface area contributed by atoms with Crippen molar-refractivity contribution in [1.82, 2.24) is 5.32 Å². The molecule has 0 aromatic heterocycles. The van der Waals surface area contributed by atoms with Crippen molar-refractivity contribution in [3.63, 3.8) is 0 Å². The molecule has 1 aliphatic rings. The zero-order valence-corrected chi connectivity index (χ0v) is 13.6. The fourth-order valence-corrected chi connectivity index (χ4v) is 4.00. The molecule has 1 saturated heterocycles. The zero-order chi connectivity index (χ0) is 14.2. The van der Waals surface area contributed by atoms with Crippen LogP contribution in [0.3, 0.4) is 0 Å². The third-order valence-electron chi connectivity index (χ3n) is 4.20. The van der Waals surface area contributed by atoms with Gasteiger partial charge in [0.15, 0.2) is 0 Å². The average molecular weight is 330 g/mol. The number of halogens is 1. The molecule has 0 atom stereocenters. The van der Waals surface area contributed by atoms with Crippen LogP contribution in [0.15, 0.2) is 46.9 Å². The number of rotatable bonds is 3. The normalized spacial score (nSPS) is 16.8. The van der Waals surface area contributed by atoms with Crippen molar-refractivity contribution in [2.24, 2.45) is 0 Å². The van der Waals surface area contributed by atoms with E-state index in [4.69, 9.17) is 0 Å². The van der Waals surface area contributed by atoms with E-state index in [0.29, 0.717) is 0 Å². The second kappa shape index (κ2) is 5.34. The van der Waals surface area contributed by atoms with Crippen LogP contribution >= 0.6 is 15.9 Å². The van der Waals surface area contributed by atoms with Crippen molar-refractivity contribution in [3.8, 4) is 0 Å². The average Bonchev–Trinajstić information content (AvgIpc) is 2.34. The number of benzene rings is 2. The van der Waals surface area contributed by atoms with E-state index in [1.54, 1.807) is 0 Å². The smallest absolute Gasteiger partial charge is 0.0254 e. The van der Waals surface area contributed by atoms with Crippen molar-refractivity contribution in [3.05, 3.63) is 69.2 Å². The maximum atomic E-state index is 3.72. The third kappa shape index (κ3) is 2.55. The molecule has 3 rings (SSSR count).